The van der Waals surface area contributed by atoms with Crippen molar-refractivity contribution in [3.63, 3.8) is 0 Å². The quantitative estimate of drug-likeness (QED) is 0.281. The SMILES string of the molecule is C[C@H](c1ccccc1)n1c(C(=O)O)cnc1C1(CO[Si](c2ccccc2)(c2ccccc2)C(C)(C)C)CC1. The third kappa shape index (κ3) is 4.52. The molecule has 0 spiro atoms. The summed E-state index contributed by atoms with van der Waals surface area (Å²) < 4.78 is 9.21. The Labute approximate surface area is 226 Å². The molecule has 0 aliphatic heterocycles. The maximum atomic E-state index is 12.3. The molecule has 196 valence electrons. The molecule has 5 nitrogen and oxygen atoms in total. The maximum Gasteiger partial charge on any atom is 0.354 e. The second-order valence-corrected chi connectivity index (χ2v) is 15.8. The molecule has 0 saturated heterocycles. The Kier molecular flexibility index (Phi) is 6.88. The summed E-state index contributed by atoms with van der Waals surface area (Å²) in [5, 5.41) is 12.4. The molecule has 1 heterocycles. The smallest absolute Gasteiger partial charge is 0.354 e. The summed E-state index contributed by atoms with van der Waals surface area (Å²) in [6, 6.07) is 31.1. The van der Waals surface area contributed by atoms with Gasteiger partial charge in [0.25, 0.3) is 8.32 Å². The molecular formula is C32H36N2O3Si. The molecule has 3 aromatic carbocycles. The first-order valence-electron chi connectivity index (χ1n) is 13.3. The topological polar surface area (TPSA) is 64.4 Å². The molecule has 1 aliphatic rings. The van der Waals surface area contributed by atoms with Crippen molar-refractivity contribution in [1.82, 2.24) is 9.55 Å². The minimum absolute atomic E-state index is 0.134. The number of nitrogens with zero attached hydrogens (tertiary/aromatic N) is 2. The second-order valence-electron chi connectivity index (χ2n) is 11.5. The summed E-state index contributed by atoms with van der Waals surface area (Å²) in [5.74, 6) is -0.153. The van der Waals surface area contributed by atoms with Gasteiger partial charge >= 0.3 is 5.97 Å². The van der Waals surface area contributed by atoms with Crippen molar-refractivity contribution in [2.45, 2.75) is 57.0 Å². The van der Waals surface area contributed by atoms with E-state index in [2.05, 4.69) is 69.3 Å². The summed E-state index contributed by atoms with van der Waals surface area (Å²) >= 11 is 0. The summed E-state index contributed by atoms with van der Waals surface area (Å²) in [5.41, 5.74) is 0.954. The number of aromatic carboxylic acids is 1. The Hall–Kier alpha value is -3.48. The molecule has 1 N–H and O–H groups in total. The molecule has 0 unspecified atom stereocenters. The molecule has 0 bridgehead atoms. The van der Waals surface area contributed by atoms with Gasteiger partial charge in [0.1, 0.15) is 11.5 Å². The van der Waals surface area contributed by atoms with E-state index in [-0.39, 0.29) is 22.2 Å². The van der Waals surface area contributed by atoms with Gasteiger partial charge in [-0.25, -0.2) is 9.78 Å². The van der Waals surface area contributed by atoms with Crippen LogP contribution in [0.15, 0.2) is 97.2 Å². The Morgan fingerprint density at radius 3 is 1.89 bits per heavy atom. The molecule has 1 fully saturated rings. The number of hydrogen-bond acceptors (Lipinski definition) is 3. The van der Waals surface area contributed by atoms with Crippen LogP contribution >= 0.6 is 0 Å². The lowest BCUT2D eigenvalue weighted by molar-refractivity contribution is 0.0683. The van der Waals surface area contributed by atoms with E-state index < -0.39 is 14.3 Å². The van der Waals surface area contributed by atoms with Crippen LogP contribution in [0.1, 0.15) is 68.5 Å². The molecule has 1 saturated carbocycles. The van der Waals surface area contributed by atoms with Crippen LogP contribution in [0.5, 0.6) is 0 Å². The molecule has 1 aliphatic carbocycles. The Morgan fingerprint density at radius 1 is 0.947 bits per heavy atom. The highest BCUT2D eigenvalue weighted by molar-refractivity contribution is 6.99. The van der Waals surface area contributed by atoms with Crippen molar-refractivity contribution in [3.8, 4) is 0 Å². The van der Waals surface area contributed by atoms with Gasteiger partial charge in [-0.05, 0) is 40.7 Å². The van der Waals surface area contributed by atoms with Crippen LogP contribution < -0.4 is 10.4 Å². The van der Waals surface area contributed by atoms with Gasteiger partial charge in [0, 0.05) is 6.61 Å². The molecule has 0 amide bonds. The fraction of sp³-hybridized carbons (Fsp3) is 0.312. The van der Waals surface area contributed by atoms with Gasteiger partial charge in [-0.1, -0.05) is 112 Å². The van der Waals surface area contributed by atoms with Crippen LogP contribution in [-0.2, 0) is 9.84 Å². The van der Waals surface area contributed by atoms with Crippen LogP contribution in [0.2, 0.25) is 5.04 Å². The van der Waals surface area contributed by atoms with Crippen molar-refractivity contribution < 1.29 is 14.3 Å². The molecule has 1 atom stereocenters. The number of carboxylic acid groups (broad SMARTS) is 1. The van der Waals surface area contributed by atoms with Gasteiger partial charge in [-0.15, -0.1) is 0 Å². The summed E-state index contributed by atoms with van der Waals surface area (Å²) in [6.45, 7) is 9.38. The van der Waals surface area contributed by atoms with E-state index in [1.807, 2.05) is 54.0 Å². The first-order chi connectivity index (χ1) is 18.2. The zero-order chi connectivity index (χ0) is 27.0. The van der Waals surface area contributed by atoms with E-state index >= 15 is 0 Å². The van der Waals surface area contributed by atoms with E-state index in [0.29, 0.717) is 6.61 Å². The highest BCUT2D eigenvalue weighted by atomic mass is 28.4. The maximum absolute atomic E-state index is 12.3. The van der Waals surface area contributed by atoms with E-state index in [1.165, 1.54) is 16.6 Å². The van der Waals surface area contributed by atoms with Crippen molar-refractivity contribution >= 4 is 24.7 Å². The third-order valence-electron chi connectivity index (χ3n) is 7.99. The summed E-state index contributed by atoms with van der Waals surface area (Å²) in [4.78, 5) is 17.0. The van der Waals surface area contributed by atoms with E-state index in [1.54, 1.807) is 0 Å². The minimum atomic E-state index is -2.73. The predicted molar refractivity (Wildman–Crippen MR) is 154 cm³/mol. The highest BCUT2D eigenvalue weighted by Gasteiger charge is 2.55. The fourth-order valence-electron chi connectivity index (χ4n) is 5.78. The number of hydrogen-bond donors (Lipinski definition) is 1. The minimum Gasteiger partial charge on any atom is -0.477 e. The molecule has 4 aromatic rings. The standard InChI is InChI=1S/C32H36N2O3Si/c1-24(25-14-8-5-9-15-25)34-28(29(35)36)22-33-30(34)32(20-21-32)23-37-38(31(2,3)4,26-16-10-6-11-17-26)27-18-12-7-13-19-27/h5-19,22,24H,20-21,23H2,1-4H3,(H,35,36)/t24-/m1/s1. The zero-order valence-corrected chi connectivity index (χ0v) is 23.6. The molecule has 38 heavy (non-hydrogen) atoms. The molecule has 6 heteroatoms. The van der Waals surface area contributed by atoms with Crippen molar-refractivity contribution in [3.05, 3.63) is 114 Å². The first-order valence-corrected chi connectivity index (χ1v) is 15.2. The highest BCUT2D eigenvalue weighted by Crippen LogP contribution is 2.50. The molecule has 1 aromatic heterocycles. The second kappa shape index (κ2) is 10.0. The van der Waals surface area contributed by atoms with Crippen LogP contribution in [0.3, 0.4) is 0 Å². The molecule has 0 radical (unpaired) electrons. The first kappa shape index (κ1) is 26.1. The summed E-state index contributed by atoms with van der Waals surface area (Å²) in [6.07, 6.45) is 3.35. The normalized spacial score (nSPS) is 15.7. The van der Waals surface area contributed by atoms with E-state index in [0.717, 1.165) is 24.2 Å². The number of carbonyl (C=O) groups is 1. The molecule has 5 rings (SSSR count). The Balaban J connectivity index is 1.58. The Morgan fingerprint density at radius 2 is 1.45 bits per heavy atom. The average molecular weight is 525 g/mol. The fourth-order valence-corrected chi connectivity index (χ4v) is 10.4. The van der Waals surface area contributed by atoms with Gasteiger partial charge in [-0.2, -0.15) is 0 Å². The number of benzene rings is 3. The van der Waals surface area contributed by atoms with Crippen LogP contribution in [-0.4, -0.2) is 35.6 Å². The average Bonchev–Trinajstić information content (AvgIpc) is 3.57. The van der Waals surface area contributed by atoms with Crippen molar-refractivity contribution in [1.29, 1.82) is 0 Å². The lowest BCUT2D eigenvalue weighted by atomic mass is 10.0. The summed E-state index contributed by atoms with van der Waals surface area (Å²) in [7, 11) is -2.73. The van der Waals surface area contributed by atoms with E-state index in [9.17, 15) is 9.90 Å². The van der Waals surface area contributed by atoms with Gasteiger partial charge < -0.3 is 14.1 Å². The van der Waals surface area contributed by atoms with Crippen molar-refractivity contribution in [2.75, 3.05) is 6.61 Å². The van der Waals surface area contributed by atoms with Crippen molar-refractivity contribution in [2.24, 2.45) is 0 Å². The monoisotopic (exact) mass is 524 g/mol. The van der Waals surface area contributed by atoms with Gasteiger partial charge in [0.15, 0.2) is 0 Å². The Bertz CT molecular complexity index is 1350. The van der Waals surface area contributed by atoms with Crippen LogP contribution in [0.25, 0.3) is 0 Å². The predicted octanol–water partition coefficient (Wildman–Crippen LogP) is 5.80. The van der Waals surface area contributed by atoms with Gasteiger partial charge in [0.05, 0.1) is 17.7 Å². The number of imidazole rings is 1. The van der Waals surface area contributed by atoms with Crippen LogP contribution in [0.4, 0.5) is 0 Å². The largest absolute Gasteiger partial charge is 0.477 e. The van der Waals surface area contributed by atoms with E-state index in [4.69, 9.17) is 9.41 Å². The number of rotatable bonds is 9. The van der Waals surface area contributed by atoms with Crippen LogP contribution in [0, 0.1) is 0 Å². The number of aromatic nitrogens is 2. The lowest BCUT2D eigenvalue weighted by Gasteiger charge is -2.44. The van der Waals surface area contributed by atoms with Gasteiger partial charge in [-0.3, -0.25) is 0 Å². The van der Waals surface area contributed by atoms with Gasteiger partial charge in [0.2, 0.25) is 0 Å². The zero-order valence-electron chi connectivity index (χ0n) is 22.6. The lowest BCUT2D eigenvalue weighted by Crippen LogP contribution is -2.67. The molecular weight excluding hydrogens is 488 g/mol. The third-order valence-corrected chi connectivity index (χ3v) is 13.0. The number of carboxylic acids is 1.